The van der Waals surface area contributed by atoms with Crippen molar-refractivity contribution >= 4 is 11.9 Å². The van der Waals surface area contributed by atoms with Gasteiger partial charge < -0.3 is 14.8 Å². The normalized spacial score (nSPS) is 17.8. The lowest BCUT2D eigenvalue weighted by Crippen LogP contribution is -2.42. The molecule has 0 aliphatic carbocycles. The fourth-order valence-electron chi connectivity index (χ4n) is 4.43. The number of methoxy groups -OCH3 is 1. The zero-order chi connectivity index (χ0) is 27.3. The number of alkyl halides is 3. The van der Waals surface area contributed by atoms with Crippen molar-refractivity contribution < 1.29 is 32.2 Å². The maximum absolute atomic E-state index is 13.3. The van der Waals surface area contributed by atoms with E-state index in [2.05, 4.69) is 15.6 Å². The molecule has 0 radical (unpaired) electrons. The van der Waals surface area contributed by atoms with Gasteiger partial charge in [0.05, 0.1) is 37.6 Å². The van der Waals surface area contributed by atoms with Gasteiger partial charge in [0.2, 0.25) is 5.91 Å². The van der Waals surface area contributed by atoms with Crippen LogP contribution >= 0.6 is 0 Å². The summed E-state index contributed by atoms with van der Waals surface area (Å²) in [6.07, 6.45) is -2.61. The summed E-state index contributed by atoms with van der Waals surface area (Å²) in [6.45, 7) is 3.29. The number of halogens is 3. The Labute approximate surface area is 217 Å². The van der Waals surface area contributed by atoms with Gasteiger partial charge in [0.15, 0.2) is 5.69 Å². The number of carbonyl (C=O) groups is 2. The fraction of sp³-hybridized carbons (Fsp3) is 0.385. The van der Waals surface area contributed by atoms with Crippen molar-refractivity contribution in [2.24, 2.45) is 0 Å². The van der Waals surface area contributed by atoms with Crippen molar-refractivity contribution in [2.75, 3.05) is 20.3 Å². The molecule has 1 aliphatic rings. The number of hydrogen-bond donors (Lipinski definition) is 1. The van der Waals surface area contributed by atoms with Crippen LogP contribution in [-0.4, -0.2) is 58.1 Å². The van der Waals surface area contributed by atoms with Crippen LogP contribution in [0.5, 0.6) is 5.75 Å². The number of esters is 1. The monoisotopic (exact) mass is 531 g/mol. The van der Waals surface area contributed by atoms with Crippen LogP contribution in [-0.2, 0) is 28.8 Å². The van der Waals surface area contributed by atoms with Crippen LogP contribution in [0, 0.1) is 0 Å². The average Bonchev–Trinajstić information content (AvgIpc) is 3.56. The molecule has 9 nitrogen and oxygen atoms in total. The van der Waals surface area contributed by atoms with Gasteiger partial charge in [-0.2, -0.15) is 13.2 Å². The minimum absolute atomic E-state index is 0.0450. The molecule has 3 aromatic rings. The minimum Gasteiger partial charge on any atom is -0.494 e. The van der Waals surface area contributed by atoms with Crippen LogP contribution in [0.15, 0.2) is 54.7 Å². The molecule has 0 spiro atoms. The Morgan fingerprint density at radius 3 is 2.58 bits per heavy atom. The SMILES string of the molecule is CCOc1ccc(CN2C[C@H](n3cc(C(=O)OC)nn3)C[C@H]2C(=O)NCc2cccc(C(F)(F)F)c2)cc1. The summed E-state index contributed by atoms with van der Waals surface area (Å²) in [4.78, 5) is 27.0. The quantitative estimate of drug-likeness (QED) is 0.421. The highest BCUT2D eigenvalue weighted by Gasteiger charge is 2.38. The lowest BCUT2D eigenvalue weighted by atomic mass is 10.1. The fourth-order valence-corrected chi connectivity index (χ4v) is 4.43. The molecule has 0 saturated carbocycles. The predicted octanol–water partition coefficient (Wildman–Crippen LogP) is 3.61. The van der Waals surface area contributed by atoms with Crippen LogP contribution < -0.4 is 10.1 Å². The van der Waals surface area contributed by atoms with Crippen LogP contribution in [0.1, 0.15) is 46.6 Å². The van der Waals surface area contributed by atoms with E-state index in [0.29, 0.717) is 31.7 Å². The summed E-state index contributed by atoms with van der Waals surface area (Å²) in [6, 6.07) is 11.6. The lowest BCUT2D eigenvalue weighted by Gasteiger charge is -2.23. The Bertz CT molecular complexity index is 1260. The van der Waals surface area contributed by atoms with E-state index < -0.39 is 23.8 Å². The predicted molar refractivity (Wildman–Crippen MR) is 130 cm³/mol. The number of ether oxygens (including phenoxy) is 2. The van der Waals surface area contributed by atoms with Gasteiger partial charge >= 0.3 is 12.1 Å². The maximum atomic E-state index is 13.3. The summed E-state index contributed by atoms with van der Waals surface area (Å²) >= 11 is 0. The van der Waals surface area contributed by atoms with E-state index in [1.165, 1.54) is 30.1 Å². The molecular formula is C26H28F3N5O4. The molecule has 1 amide bonds. The van der Waals surface area contributed by atoms with Crippen LogP contribution in [0.25, 0.3) is 0 Å². The zero-order valence-electron chi connectivity index (χ0n) is 20.9. The molecule has 1 N–H and O–H groups in total. The molecular weight excluding hydrogens is 503 g/mol. The van der Waals surface area contributed by atoms with E-state index in [1.807, 2.05) is 36.1 Å². The molecule has 12 heteroatoms. The topological polar surface area (TPSA) is 98.6 Å². The summed E-state index contributed by atoms with van der Waals surface area (Å²) in [5.74, 6) is -0.191. The number of hydrogen-bond acceptors (Lipinski definition) is 7. The van der Waals surface area contributed by atoms with Gasteiger partial charge in [0.25, 0.3) is 0 Å². The molecule has 0 unspecified atom stereocenters. The van der Waals surface area contributed by atoms with Gasteiger partial charge in [-0.3, -0.25) is 9.69 Å². The smallest absolute Gasteiger partial charge is 0.416 e. The molecule has 1 fully saturated rings. The number of benzene rings is 2. The number of carbonyl (C=O) groups excluding carboxylic acids is 2. The Balaban J connectivity index is 1.50. The van der Waals surface area contributed by atoms with Crippen molar-refractivity contribution in [2.45, 2.75) is 44.7 Å². The third-order valence-electron chi connectivity index (χ3n) is 6.30. The highest BCUT2D eigenvalue weighted by Crippen LogP contribution is 2.31. The number of aromatic nitrogens is 3. The maximum Gasteiger partial charge on any atom is 0.416 e. The Morgan fingerprint density at radius 1 is 1.13 bits per heavy atom. The molecule has 2 heterocycles. The summed E-state index contributed by atoms with van der Waals surface area (Å²) in [5.41, 5.74) is 0.594. The molecule has 4 rings (SSSR count). The highest BCUT2D eigenvalue weighted by atomic mass is 19.4. The molecule has 1 aliphatic heterocycles. The first-order valence-corrected chi connectivity index (χ1v) is 12.1. The van der Waals surface area contributed by atoms with E-state index in [4.69, 9.17) is 9.47 Å². The Kier molecular flexibility index (Phi) is 8.30. The van der Waals surface area contributed by atoms with Gasteiger partial charge in [-0.1, -0.05) is 29.5 Å². The molecule has 38 heavy (non-hydrogen) atoms. The largest absolute Gasteiger partial charge is 0.494 e. The third kappa shape index (κ3) is 6.49. The molecule has 1 aromatic heterocycles. The van der Waals surface area contributed by atoms with Crippen molar-refractivity contribution in [1.82, 2.24) is 25.2 Å². The zero-order valence-corrected chi connectivity index (χ0v) is 20.9. The van der Waals surface area contributed by atoms with Gasteiger partial charge in [-0.25, -0.2) is 9.48 Å². The molecule has 0 bridgehead atoms. The van der Waals surface area contributed by atoms with Gasteiger partial charge in [0, 0.05) is 19.6 Å². The molecule has 2 aromatic carbocycles. The standard InChI is InChI=1S/C26H28F3N5O4/c1-3-38-21-9-7-17(8-10-21)14-33-15-20(34-16-22(31-32-34)25(36)37-2)12-23(33)24(35)30-13-18-5-4-6-19(11-18)26(27,28)29/h4-11,16,20,23H,3,12-15H2,1-2H3,(H,30,35)/t20-,23+/m1/s1. The summed E-state index contributed by atoms with van der Waals surface area (Å²) in [5, 5.41) is 10.7. The van der Waals surface area contributed by atoms with E-state index in [9.17, 15) is 22.8 Å². The number of rotatable bonds is 9. The minimum atomic E-state index is -4.46. The van der Waals surface area contributed by atoms with Crippen molar-refractivity contribution in [1.29, 1.82) is 0 Å². The van der Waals surface area contributed by atoms with Crippen LogP contribution in [0.2, 0.25) is 0 Å². The number of amides is 1. The molecule has 1 saturated heterocycles. The number of likely N-dealkylation sites (tertiary alicyclic amines) is 1. The second-order valence-electron chi connectivity index (χ2n) is 8.90. The van der Waals surface area contributed by atoms with Crippen molar-refractivity contribution in [3.63, 3.8) is 0 Å². The van der Waals surface area contributed by atoms with Gasteiger partial charge in [-0.15, -0.1) is 5.10 Å². The average molecular weight is 532 g/mol. The highest BCUT2D eigenvalue weighted by molar-refractivity contribution is 5.86. The second-order valence-corrected chi connectivity index (χ2v) is 8.90. The van der Waals surface area contributed by atoms with Gasteiger partial charge in [-0.05, 0) is 48.7 Å². The first kappa shape index (κ1) is 27.1. The Hall–Kier alpha value is -3.93. The first-order valence-electron chi connectivity index (χ1n) is 12.1. The first-order chi connectivity index (χ1) is 18.2. The van der Waals surface area contributed by atoms with E-state index in [1.54, 1.807) is 0 Å². The summed E-state index contributed by atoms with van der Waals surface area (Å²) in [7, 11) is 1.25. The van der Waals surface area contributed by atoms with Gasteiger partial charge in [0.1, 0.15) is 5.75 Å². The second kappa shape index (κ2) is 11.6. The summed E-state index contributed by atoms with van der Waals surface area (Å²) < 4.78 is 50.9. The third-order valence-corrected chi connectivity index (χ3v) is 6.30. The van der Waals surface area contributed by atoms with E-state index in [-0.39, 0.29) is 24.2 Å². The van der Waals surface area contributed by atoms with Crippen molar-refractivity contribution in [3.05, 3.63) is 77.1 Å². The number of nitrogens with one attached hydrogen (secondary N) is 1. The lowest BCUT2D eigenvalue weighted by molar-refractivity contribution is -0.137. The van der Waals surface area contributed by atoms with Crippen LogP contribution in [0.4, 0.5) is 13.2 Å². The molecule has 2 atom stereocenters. The van der Waals surface area contributed by atoms with E-state index in [0.717, 1.165) is 23.4 Å². The van der Waals surface area contributed by atoms with E-state index >= 15 is 0 Å². The molecule has 202 valence electrons. The van der Waals surface area contributed by atoms with Crippen LogP contribution in [0.3, 0.4) is 0 Å². The Morgan fingerprint density at radius 2 is 1.89 bits per heavy atom. The van der Waals surface area contributed by atoms with Crippen molar-refractivity contribution in [3.8, 4) is 5.75 Å². The number of nitrogens with zero attached hydrogens (tertiary/aromatic N) is 4.